The second-order valence-corrected chi connectivity index (χ2v) is 6.49. The molecule has 0 radical (unpaired) electrons. The van der Waals surface area contributed by atoms with Crippen LogP contribution in [0.5, 0.6) is 0 Å². The summed E-state index contributed by atoms with van der Waals surface area (Å²) in [5.74, 6) is -1.83. The number of Topliss-reactive ketones (excluding diaryl/α,β-unsaturated/α-hetero) is 1. The van der Waals surface area contributed by atoms with Gasteiger partial charge in [-0.2, -0.15) is 0 Å². The van der Waals surface area contributed by atoms with Crippen molar-refractivity contribution in [3.8, 4) is 0 Å². The van der Waals surface area contributed by atoms with Crippen LogP contribution in [0.15, 0.2) is 42.5 Å². The van der Waals surface area contributed by atoms with Crippen molar-refractivity contribution in [3.63, 3.8) is 0 Å². The number of hydrogen-bond acceptors (Lipinski definition) is 5. The van der Waals surface area contributed by atoms with Crippen molar-refractivity contribution in [3.05, 3.63) is 48.0 Å². The Kier molecular flexibility index (Phi) is 4.83. The molecule has 3 aliphatic rings. The minimum atomic E-state index is -1.81. The minimum Gasteiger partial charge on any atom is -0.455 e. The van der Waals surface area contributed by atoms with Gasteiger partial charge in [-0.25, -0.2) is 4.79 Å². The Labute approximate surface area is 141 Å². The van der Waals surface area contributed by atoms with Crippen LogP contribution in [0.3, 0.4) is 0 Å². The fraction of sp³-hybridized carbons (Fsp3) is 0.474. The van der Waals surface area contributed by atoms with Crippen molar-refractivity contribution in [1.82, 2.24) is 0 Å². The molecule has 0 spiro atoms. The first kappa shape index (κ1) is 16.9. The zero-order chi connectivity index (χ0) is 17.2. The maximum atomic E-state index is 12.0. The summed E-state index contributed by atoms with van der Waals surface area (Å²) in [4.78, 5) is 23.9. The number of aliphatic hydroxyl groups is 1. The van der Waals surface area contributed by atoms with Gasteiger partial charge in [-0.15, -0.1) is 0 Å². The summed E-state index contributed by atoms with van der Waals surface area (Å²) in [5, 5.41) is 10.5. The number of benzene rings is 1. The lowest BCUT2D eigenvalue weighted by Gasteiger charge is -2.47. The van der Waals surface area contributed by atoms with Gasteiger partial charge >= 0.3 is 5.97 Å². The van der Waals surface area contributed by atoms with E-state index < -0.39 is 23.6 Å². The maximum absolute atomic E-state index is 12.0. The Balaban J connectivity index is 1.54. The molecular weight excluding hydrogens is 308 g/mol. The fourth-order valence-electron chi connectivity index (χ4n) is 3.67. The quantitative estimate of drug-likeness (QED) is 0.470. The molecule has 1 N–H and O–H groups in total. The maximum Gasteiger partial charge on any atom is 0.343 e. The number of ether oxygens (including phenoxy) is 2. The molecule has 2 heterocycles. The van der Waals surface area contributed by atoms with Gasteiger partial charge in [-0.3, -0.25) is 4.79 Å². The van der Waals surface area contributed by atoms with E-state index in [0.717, 1.165) is 12.0 Å². The lowest BCUT2D eigenvalue weighted by molar-refractivity contribution is -0.196. The lowest BCUT2D eigenvalue weighted by Crippen LogP contribution is -2.61. The van der Waals surface area contributed by atoms with Gasteiger partial charge in [0, 0.05) is 12.5 Å². The lowest BCUT2D eigenvalue weighted by atomic mass is 9.66. The molecule has 0 saturated carbocycles. The van der Waals surface area contributed by atoms with Gasteiger partial charge in [-0.1, -0.05) is 30.3 Å². The van der Waals surface area contributed by atoms with E-state index in [-0.39, 0.29) is 11.7 Å². The summed E-state index contributed by atoms with van der Waals surface area (Å²) in [7, 11) is 0. The highest BCUT2D eigenvalue weighted by Crippen LogP contribution is 2.43. The van der Waals surface area contributed by atoms with Crippen LogP contribution in [-0.2, 0) is 25.7 Å². The largest absolute Gasteiger partial charge is 0.455 e. The van der Waals surface area contributed by atoms with Crippen molar-refractivity contribution >= 4 is 11.8 Å². The number of carbonyl (C=O) groups is 2. The van der Waals surface area contributed by atoms with Crippen LogP contribution in [0, 0.1) is 11.8 Å². The number of rotatable bonds is 7. The molecule has 24 heavy (non-hydrogen) atoms. The van der Waals surface area contributed by atoms with E-state index in [1.54, 1.807) is 6.08 Å². The predicted molar refractivity (Wildman–Crippen MR) is 87.0 cm³/mol. The number of ketones is 1. The average molecular weight is 330 g/mol. The molecule has 1 aliphatic carbocycles. The number of carbonyl (C=O) groups excluding carboxylic acids is 2. The minimum absolute atomic E-state index is 0.182. The number of fused-ring (bicyclic) bond motifs is 2. The van der Waals surface area contributed by atoms with Crippen LogP contribution in [0.25, 0.3) is 0 Å². The summed E-state index contributed by atoms with van der Waals surface area (Å²) >= 11 is 0. The van der Waals surface area contributed by atoms with Gasteiger partial charge in [0.2, 0.25) is 0 Å². The monoisotopic (exact) mass is 330 g/mol. The van der Waals surface area contributed by atoms with E-state index in [1.165, 1.54) is 13.0 Å². The van der Waals surface area contributed by atoms with Crippen LogP contribution in [0.1, 0.15) is 25.3 Å². The van der Waals surface area contributed by atoms with E-state index in [4.69, 9.17) is 9.47 Å². The van der Waals surface area contributed by atoms with Crippen molar-refractivity contribution in [2.24, 2.45) is 11.8 Å². The zero-order valence-electron chi connectivity index (χ0n) is 13.7. The van der Waals surface area contributed by atoms with Gasteiger partial charge in [-0.05, 0) is 37.5 Å². The van der Waals surface area contributed by atoms with Crippen LogP contribution in [0.4, 0.5) is 0 Å². The normalized spacial score (nSPS) is 31.1. The summed E-state index contributed by atoms with van der Waals surface area (Å²) in [5.41, 5.74) is -0.696. The Morgan fingerprint density at radius 3 is 2.75 bits per heavy atom. The highest BCUT2D eigenvalue weighted by atomic mass is 16.6. The first-order valence-corrected chi connectivity index (χ1v) is 8.27. The zero-order valence-corrected chi connectivity index (χ0v) is 13.7. The molecule has 4 rings (SSSR count). The molecule has 4 unspecified atom stereocenters. The van der Waals surface area contributed by atoms with Gasteiger partial charge in [0.05, 0.1) is 12.5 Å². The number of hydrogen-bond donors (Lipinski definition) is 1. The molecule has 128 valence electrons. The van der Waals surface area contributed by atoms with E-state index in [1.807, 2.05) is 30.3 Å². The van der Waals surface area contributed by atoms with Gasteiger partial charge in [0.15, 0.2) is 5.60 Å². The molecule has 5 heteroatoms. The molecule has 0 aromatic heterocycles. The average Bonchev–Trinajstić information content (AvgIpc) is 2.56. The third kappa shape index (κ3) is 3.14. The summed E-state index contributed by atoms with van der Waals surface area (Å²) in [6.45, 7) is 2.52. The molecule has 2 bridgehead atoms. The van der Waals surface area contributed by atoms with Gasteiger partial charge in [0.25, 0.3) is 0 Å². The molecular formula is C19H22O5. The van der Waals surface area contributed by atoms with Crippen molar-refractivity contribution in [1.29, 1.82) is 0 Å². The van der Waals surface area contributed by atoms with E-state index in [0.29, 0.717) is 19.6 Å². The molecule has 0 amide bonds. The SMILES string of the molecule is CC(=O)C1C(CCCOCc2ccccc2)C2C=CC1(O)C(=O)O2. The predicted octanol–water partition coefficient (Wildman–Crippen LogP) is 2.03. The molecule has 5 nitrogen and oxygen atoms in total. The molecule has 1 saturated heterocycles. The molecule has 4 atom stereocenters. The van der Waals surface area contributed by atoms with Gasteiger partial charge < -0.3 is 14.6 Å². The second kappa shape index (κ2) is 6.87. The second-order valence-electron chi connectivity index (χ2n) is 6.49. The van der Waals surface area contributed by atoms with Crippen molar-refractivity contribution < 1.29 is 24.2 Å². The molecule has 1 aromatic rings. The van der Waals surface area contributed by atoms with Crippen LogP contribution >= 0.6 is 0 Å². The van der Waals surface area contributed by atoms with E-state index in [2.05, 4.69) is 0 Å². The fourth-order valence-corrected chi connectivity index (χ4v) is 3.67. The van der Waals surface area contributed by atoms with E-state index >= 15 is 0 Å². The smallest absolute Gasteiger partial charge is 0.343 e. The highest BCUT2D eigenvalue weighted by molar-refractivity contribution is 5.94. The van der Waals surface area contributed by atoms with Crippen LogP contribution in [-0.4, -0.2) is 35.2 Å². The standard InChI is InChI=1S/C19H22O5/c1-13(20)17-15(16-9-10-19(17,22)18(21)24-16)8-5-11-23-12-14-6-3-2-4-7-14/h2-4,6-7,9-10,15-17,22H,5,8,11-12H2,1H3. The summed E-state index contributed by atoms with van der Waals surface area (Å²) in [6, 6.07) is 9.91. The Morgan fingerprint density at radius 2 is 2.08 bits per heavy atom. The third-order valence-corrected chi connectivity index (χ3v) is 4.81. The Bertz CT molecular complexity index is 638. The topological polar surface area (TPSA) is 72.8 Å². The van der Waals surface area contributed by atoms with E-state index in [9.17, 15) is 14.7 Å². The summed E-state index contributed by atoms with van der Waals surface area (Å²) in [6.07, 6.45) is 4.06. The first-order valence-electron chi connectivity index (χ1n) is 8.27. The Morgan fingerprint density at radius 1 is 1.33 bits per heavy atom. The van der Waals surface area contributed by atoms with Crippen LogP contribution < -0.4 is 0 Å². The van der Waals surface area contributed by atoms with Gasteiger partial charge in [0.1, 0.15) is 11.9 Å². The first-order chi connectivity index (χ1) is 11.5. The molecule has 1 fully saturated rings. The molecule has 2 aliphatic heterocycles. The van der Waals surface area contributed by atoms with Crippen molar-refractivity contribution in [2.45, 2.75) is 38.1 Å². The molecule has 1 aromatic carbocycles. The third-order valence-electron chi connectivity index (χ3n) is 4.81. The van der Waals surface area contributed by atoms with Crippen molar-refractivity contribution in [2.75, 3.05) is 6.61 Å². The Hall–Kier alpha value is -1.98. The highest BCUT2D eigenvalue weighted by Gasteiger charge is 2.58. The number of esters is 1. The summed E-state index contributed by atoms with van der Waals surface area (Å²) < 4.78 is 10.9. The van der Waals surface area contributed by atoms with Crippen LogP contribution in [0.2, 0.25) is 0 Å².